The molecule has 0 unspecified atom stereocenters. The van der Waals surface area contributed by atoms with E-state index >= 15 is 0 Å². The first-order valence-electron chi connectivity index (χ1n) is 12.9. The van der Waals surface area contributed by atoms with Gasteiger partial charge in [-0.05, 0) is 91.1 Å². The van der Waals surface area contributed by atoms with Gasteiger partial charge in [-0.1, -0.05) is 42.5 Å². The Hall–Kier alpha value is -4.64. The van der Waals surface area contributed by atoms with Gasteiger partial charge in [-0.3, -0.25) is 4.98 Å². The lowest BCUT2D eigenvalue weighted by molar-refractivity contribution is -0.137. The van der Waals surface area contributed by atoms with E-state index in [1.807, 2.05) is 54.7 Å². The van der Waals surface area contributed by atoms with Gasteiger partial charge in [0, 0.05) is 35.2 Å². The van der Waals surface area contributed by atoms with Crippen LogP contribution in [-0.2, 0) is 29.0 Å². The largest absolute Gasteiger partial charge is 0.489 e. The predicted octanol–water partition coefficient (Wildman–Crippen LogP) is 6.97. The summed E-state index contributed by atoms with van der Waals surface area (Å²) in [6, 6.07) is 30.6. The summed E-state index contributed by atoms with van der Waals surface area (Å²) in [5.74, 6) is 0.492. The van der Waals surface area contributed by atoms with Gasteiger partial charge in [0.1, 0.15) is 12.4 Å². The first-order valence-corrected chi connectivity index (χ1v) is 12.9. The maximum absolute atomic E-state index is 11.8. The van der Waals surface area contributed by atoms with Gasteiger partial charge >= 0.3 is 5.97 Å². The van der Waals surface area contributed by atoms with Gasteiger partial charge in [0.15, 0.2) is 0 Å². The fourth-order valence-electron chi connectivity index (χ4n) is 4.44. The summed E-state index contributed by atoms with van der Waals surface area (Å²) in [6.07, 6.45) is 9.00. The number of carbonyl (C=O) groups excluding carboxylic acids is 1. The van der Waals surface area contributed by atoms with Crippen molar-refractivity contribution in [3.63, 3.8) is 0 Å². The quantitative estimate of drug-likeness (QED) is 0.153. The zero-order chi connectivity index (χ0) is 26.2. The maximum atomic E-state index is 11.8. The number of aryl methyl sites for hydroxylation is 2. The average molecular weight is 503 g/mol. The highest BCUT2D eigenvalue weighted by atomic mass is 16.5. The number of benzene rings is 3. The summed E-state index contributed by atoms with van der Waals surface area (Å²) < 4.78 is 13.2. The van der Waals surface area contributed by atoms with Crippen molar-refractivity contribution in [2.24, 2.45) is 0 Å². The third-order valence-electron chi connectivity index (χ3n) is 6.35. The van der Waals surface area contributed by atoms with Crippen molar-refractivity contribution in [3.05, 3.63) is 132 Å². The van der Waals surface area contributed by atoms with Crippen LogP contribution < -0.4 is 4.74 Å². The number of carbonyl (C=O) groups is 1. The van der Waals surface area contributed by atoms with Gasteiger partial charge in [0.2, 0.25) is 0 Å². The summed E-state index contributed by atoms with van der Waals surface area (Å²) in [5.41, 5.74) is 6.53. The Morgan fingerprint density at radius 2 is 1.74 bits per heavy atom. The second-order valence-corrected chi connectivity index (χ2v) is 8.98. The molecule has 0 N–H and O–H groups in total. The highest BCUT2D eigenvalue weighted by Gasteiger charge is 2.12. The molecule has 0 bridgehead atoms. The molecule has 0 saturated heterocycles. The molecule has 0 aliphatic carbocycles. The minimum atomic E-state index is -0.338. The Bertz CT molecular complexity index is 1520. The van der Waals surface area contributed by atoms with Crippen LogP contribution in [-0.4, -0.2) is 22.1 Å². The van der Waals surface area contributed by atoms with Crippen LogP contribution in [0.2, 0.25) is 0 Å². The Morgan fingerprint density at radius 3 is 2.50 bits per heavy atom. The lowest BCUT2D eigenvalue weighted by atomic mass is 10.0. The van der Waals surface area contributed by atoms with Crippen molar-refractivity contribution in [1.82, 2.24) is 9.55 Å². The fourth-order valence-corrected chi connectivity index (χ4v) is 4.44. The van der Waals surface area contributed by atoms with Crippen LogP contribution in [0.5, 0.6) is 5.75 Å². The molecule has 5 aromatic rings. The molecule has 190 valence electrons. The number of hydrogen-bond acceptors (Lipinski definition) is 4. The first kappa shape index (κ1) is 25.0. The molecule has 3 aromatic carbocycles. The van der Waals surface area contributed by atoms with Crippen LogP contribution in [0.3, 0.4) is 0 Å². The summed E-state index contributed by atoms with van der Waals surface area (Å²) in [6.45, 7) is 2.70. The van der Waals surface area contributed by atoms with Gasteiger partial charge in [-0.15, -0.1) is 0 Å². The van der Waals surface area contributed by atoms with E-state index in [1.165, 1.54) is 11.6 Å². The second-order valence-electron chi connectivity index (χ2n) is 8.98. The van der Waals surface area contributed by atoms with Crippen LogP contribution in [0.4, 0.5) is 0 Å². The lowest BCUT2D eigenvalue weighted by Crippen LogP contribution is -1.98. The van der Waals surface area contributed by atoms with Crippen LogP contribution in [0.15, 0.2) is 109 Å². The van der Waals surface area contributed by atoms with Crippen molar-refractivity contribution in [1.29, 1.82) is 0 Å². The van der Waals surface area contributed by atoms with Gasteiger partial charge in [-0.2, -0.15) is 0 Å². The van der Waals surface area contributed by atoms with Gasteiger partial charge in [0.05, 0.1) is 12.1 Å². The molecular weight excluding hydrogens is 472 g/mol. The van der Waals surface area contributed by atoms with E-state index in [2.05, 4.69) is 58.2 Å². The van der Waals surface area contributed by atoms with Gasteiger partial charge in [0.25, 0.3) is 0 Å². The molecule has 0 amide bonds. The number of nitrogens with zero attached hydrogens (tertiary/aromatic N) is 2. The van der Waals surface area contributed by atoms with Crippen LogP contribution in [0.1, 0.15) is 29.3 Å². The molecule has 0 atom stereocenters. The molecule has 2 aromatic heterocycles. The number of esters is 1. The number of rotatable bonds is 10. The average Bonchev–Trinajstić information content (AvgIpc) is 3.33. The van der Waals surface area contributed by atoms with Crippen molar-refractivity contribution >= 4 is 22.9 Å². The smallest absolute Gasteiger partial charge is 0.330 e. The highest BCUT2D eigenvalue weighted by molar-refractivity contribution is 5.91. The lowest BCUT2D eigenvalue weighted by Gasteiger charge is -2.09. The molecule has 0 fully saturated rings. The Balaban J connectivity index is 1.42. The molecule has 38 heavy (non-hydrogen) atoms. The number of fused-ring (bicyclic) bond motifs is 1. The molecule has 0 spiro atoms. The molecule has 0 aliphatic heterocycles. The number of hydrogen-bond donors (Lipinski definition) is 0. The Labute approximate surface area is 223 Å². The number of pyridine rings is 1. The van der Waals surface area contributed by atoms with Crippen molar-refractivity contribution in [2.45, 2.75) is 26.4 Å². The summed E-state index contributed by atoms with van der Waals surface area (Å²) in [5, 5.41) is 1.15. The second kappa shape index (κ2) is 12.1. The summed E-state index contributed by atoms with van der Waals surface area (Å²) in [7, 11) is 0. The van der Waals surface area contributed by atoms with Crippen LogP contribution >= 0.6 is 0 Å². The van der Waals surface area contributed by atoms with E-state index in [-0.39, 0.29) is 5.97 Å². The molecular formula is C33H30N2O3. The van der Waals surface area contributed by atoms with Crippen molar-refractivity contribution in [2.75, 3.05) is 6.61 Å². The zero-order valence-corrected chi connectivity index (χ0v) is 21.4. The number of aromatic nitrogens is 2. The van der Waals surface area contributed by atoms with E-state index in [0.717, 1.165) is 52.0 Å². The third kappa shape index (κ3) is 6.19. The maximum Gasteiger partial charge on any atom is 0.330 e. The first-order chi connectivity index (χ1) is 18.7. The molecule has 5 nitrogen and oxygen atoms in total. The molecule has 0 aliphatic rings. The molecule has 5 rings (SSSR count). The summed E-state index contributed by atoms with van der Waals surface area (Å²) >= 11 is 0. The molecule has 5 heteroatoms. The zero-order valence-electron chi connectivity index (χ0n) is 21.4. The minimum Gasteiger partial charge on any atom is -0.489 e. The standard InChI is InChI=1S/C33H30N2O3/c1-2-37-33(36)20-12-25-11-19-32-31(22-25)27(13-14-28-10-6-7-21-34-28)23-35(32)29-15-17-30(18-16-29)38-24-26-8-4-3-5-9-26/h3-12,15-23H,2,13-14,24H2,1H3. The van der Waals surface area contributed by atoms with Crippen LogP contribution in [0, 0.1) is 0 Å². The third-order valence-corrected chi connectivity index (χ3v) is 6.35. The van der Waals surface area contributed by atoms with Gasteiger partial charge in [-0.25, -0.2) is 4.79 Å². The predicted molar refractivity (Wildman–Crippen MR) is 151 cm³/mol. The topological polar surface area (TPSA) is 53.3 Å². The minimum absolute atomic E-state index is 0.338. The normalized spacial score (nSPS) is 11.2. The monoisotopic (exact) mass is 502 g/mol. The summed E-state index contributed by atoms with van der Waals surface area (Å²) in [4.78, 5) is 16.3. The van der Waals surface area contributed by atoms with E-state index in [9.17, 15) is 4.79 Å². The van der Waals surface area contributed by atoms with Gasteiger partial charge < -0.3 is 14.0 Å². The van der Waals surface area contributed by atoms with Crippen LogP contribution in [0.25, 0.3) is 22.7 Å². The fraction of sp³-hybridized carbons (Fsp3) is 0.152. The SMILES string of the molecule is CCOC(=O)C=Cc1ccc2c(c1)c(CCc1ccccn1)cn2-c1ccc(OCc2ccccc2)cc1. The molecule has 0 saturated carbocycles. The Morgan fingerprint density at radius 1 is 0.921 bits per heavy atom. The van der Waals surface area contributed by atoms with E-state index in [4.69, 9.17) is 9.47 Å². The van der Waals surface area contributed by atoms with E-state index in [0.29, 0.717) is 13.2 Å². The highest BCUT2D eigenvalue weighted by Crippen LogP contribution is 2.29. The molecule has 2 heterocycles. The Kier molecular flexibility index (Phi) is 7.95. The molecule has 0 radical (unpaired) electrons. The number of ether oxygens (including phenoxy) is 2. The van der Waals surface area contributed by atoms with Crippen molar-refractivity contribution in [3.8, 4) is 11.4 Å². The van der Waals surface area contributed by atoms with Crippen molar-refractivity contribution < 1.29 is 14.3 Å². The van der Waals surface area contributed by atoms with E-state index in [1.54, 1.807) is 13.0 Å². The van der Waals surface area contributed by atoms with E-state index < -0.39 is 0 Å².